The lowest BCUT2D eigenvalue weighted by Gasteiger charge is -2.26. The number of thiocarbonyl (C=S) groups is 1. The minimum atomic E-state index is 0.269. The first-order valence-corrected chi connectivity index (χ1v) is 7.62. The molecule has 1 heterocycles. The van der Waals surface area contributed by atoms with Gasteiger partial charge in [0.2, 0.25) is 0 Å². The first-order valence-electron chi connectivity index (χ1n) is 7.21. The van der Waals surface area contributed by atoms with Crippen molar-refractivity contribution in [3.8, 4) is 0 Å². The molecule has 2 N–H and O–H groups in total. The third kappa shape index (κ3) is 3.66. The van der Waals surface area contributed by atoms with Gasteiger partial charge in [0.05, 0.1) is 11.7 Å². The molecule has 1 aliphatic rings. The average molecular weight is 277 g/mol. The summed E-state index contributed by atoms with van der Waals surface area (Å²) in [6.07, 6.45) is 6.95. The van der Waals surface area contributed by atoms with Crippen LogP contribution in [0.3, 0.4) is 0 Å². The quantitative estimate of drug-likeness (QED) is 0.830. The van der Waals surface area contributed by atoms with Gasteiger partial charge in [-0.15, -0.1) is 0 Å². The molecular formula is C15H23N3S. The highest BCUT2D eigenvalue weighted by Gasteiger charge is 2.22. The largest absolute Gasteiger partial charge is 0.366 e. The molecule has 1 aliphatic carbocycles. The second-order valence-electron chi connectivity index (χ2n) is 5.12. The fourth-order valence-corrected chi connectivity index (χ4v) is 2.70. The zero-order chi connectivity index (χ0) is 13.7. The summed E-state index contributed by atoms with van der Waals surface area (Å²) < 4.78 is 0. The highest BCUT2D eigenvalue weighted by molar-refractivity contribution is 7.80. The molecule has 3 nitrogen and oxygen atoms in total. The molecule has 0 bridgehead atoms. The number of hydrogen-bond acceptors (Lipinski definition) is 2. The molecule has 0 fully saturated rings. The fourth-order valence-electron chi connectivity index (χ4n) is 2.56. The Morgan fingerprint density at radius 2 is 2.32 bits per heavy atom. The number of hydrogen-bond donors (Lipinski definition) is 2. The number of nitrogens with one attached hydrogen (secondary N) is 2. The van der Waals surface area contributed by atoms with Crippen LogP contribution in [0.2, 0.25) is 0 Å². The number of aryl methyl sites for hydroxylation is 2. The molecule has 0 radical (unpaired) electrons. The number of rotatable bonds is 4. The molecule has 0 saturated carbocycles. The normalized spacial score (nSPS) is 17.7. The van der Waals surface area contributed by atoms with Crippen molar-refractivity contribution >= 4 is 17.3 Å². The molecule has 1 unspecified atom stereocenters. The maximum atomic E-state index is 5.22. The van der Waals surface area contributed by atoms with E-state index in [1.807, 2.05) is 7.05 Å². The van der Waals surface area contributed by atoms with Crippen LogP contribution in [0.5, 0.6) is 0 Å². The lowest BCUT2D eigenvalue weighted by Crippen LogP contribution is -2.37. The van der Waals surface area contributed by atoms with Crippen LogP contribution in [0.15, 0.2) is 12.1 Å². The molecular weight excluding hydrogens is 254 g/mol. The van der Waals surface area contributed by atoms with E-state index in [-0.39, 0.29) is 6.04 Å². The smallest absolute Gasteiger partial charge is 0.166 e. The number of unbranched alkanes of at least 4 members (excludes halogenated alkanes) is 1. The summed E-state index contributed by atoms with van der Waals surface area (Å²) in [4.78, 5) is 4.87. The lowest BCUT2D eigenvalue weighted by molar-refractivity contribution is 0.508. The number of aromatic nitrogens is 1. The van der Waals surface area contributed by atoms with Gasteiger partial charge in [-0.05, 0) is 56.0 Å². The molecule has 0 aromatic carbocycles. The van der Waals surface area contributed by atoms with Gasteiger partial charge in [0.15, 0.2) is 5.11 Å². The fraction of sp³-hybridized carbons (Fsp3) is 0.600. The zero-order valence-electron chi connectivity index (χ0n) is 11.8. The molecule has 0 spiro atoms. The third-order valence-corrected chi connectivity index (χ3v) is 3.98. The van der Waals surface area contributed by atoms with Crippen LogP contribution in [-0.2, 0) is 12.8 Å². The summed E-state index contributed by atoms with van der Waals surface area (Å²) >= 11 is 5.22. The van der Waals surface area contributed by atoms with Crippen molar-refractivity contribution in [3.05, 3.63) is 29.1 Å². The van der Waals surface area contributed by atoms with E-state index in [2.05, 4.69) is 29.7 Å². The van der Waals surface area contributed by atoms with Crippen LogP contribution in [-0.4, -0.2) is 17.1 Å². The van der Waals surface area contributed by atoms with Crippen LogP contribution in [0.4, 0.5) is 0 Å². The first-order chi connectivity index (χ1) is 9.24. The van der Waals surface area contributed by atoms with E-state index in [9.17, 15) is 0 Å². The third-order valence-electron chi connectivity index (χ3n) is 3.66. The van der Waals surface area contributed by atoms with E-state index < -0.39 is 0 Å². The molecule has 1 aromatic heterocycles. The van der Waals surface area contributed by atoms with Crippen LogP contribution >= 0.6 is 12.2 Å². The minimum absolute atomic E-state index is 0.269. The molecule has 1 atom stereocenters. The Kier molecular flexibility index (Phi) is 5.14. The summed E-state index contributed by atoms with van der Waals surface area (Å²) in [5.41, 5.74) is 3.80. The summed E-state index contributed by atoms with van der Waals surface area (Å²) in [5.74, 6) is 0. The Labute approximate surface area is 121 Å². The van der Waals surface area contributed by atoms with Crippen molar-refractivity contribution in [3.63, 3.8) is 0 Å². The Hall–Kier alpha value is -1.16. The van der Waals surface area contributed by atoms with E-state index in [1.54, 1.807) is 0 Å². The van der Waals surface area contributed by atoms with E-state index >= 15 is 0 Å². The van der Waals surface area contributed by atoms with E-state index in [1.165, 1.54) is 36.2 Å². The molecule has 1 aromatic rings. The predicted molar refractivity (Wildman–Crippen MR) is 83.3 cm³/mol. The minimum Gasteiger partial charge on any atom is -0.366 e. The molecule has 0 amide bonds. The standard InChI is InChI=1S/C15H23N3S/c1-3-4-7-12-10-9-11-6-5-8-13(14(11)17-12)18-15(19)16-2/h9-10,13H,3-8H2,1-2H3,(H2,16,18,19). The van der Waals surface area contributed by atoms with E-state index in [4.69, 9.17) is 17.2 Å². The van der Waals surface area contributed by atoms with Gasteiger partial charge in [-0.25, -0.2) is 0 Å². The van der Waals surface area contributed by atoms with Gasteiger partial charge in [-0.2, -0.15) is 0 Å². The van der Waals surface area contributed by atoms with Crippen LogP contribution < -0.4 is 10.6 Å². The summed E-state index contributed by atoms with van der Waals surface area (Å²) in [7, 11) is 1.85. The van der Waals surface area contributed by atoms with Gasteiger partial charge in [0, 0.05) is 12.7 Å². The van der Waals surface area contributed by atoms with E-state index in [0.29, 0.717) is 5.11 Å². The summed E-state index contributed by atoms with van der Waals surface area (Å²) in [5, 5.41) is 7.06. The van der Waals surface area contributed by atoms with Crippen LogP contribution in [0.25, 0.3) is 0 Å². The van der Waals surface area contributed by atoms with Gasteiger partial charge >= 0.3 is 0 Å². The summed E-state index contributed by atoms with van der Waals surface area (Å²) in [6.45, 7) is 2.22. The Balaban J connectivity index is 2.17. The molecule has 4 heteroatoms. The van der Waals surface area contributed by atoms with E-state index in [0.717, 1.165) is 19.3 Å². The maximum absolute atomic E-state index is 5.22. The number of pyridine rings is 1. The predicted octanol–water partition coefficient (Wildman–Crippen LogP) is 2.90. The molecule has 0 aliphatic heterocycles. The second-order valence-corrected chi connectivity index (χ2v) is 5.53. The van der Waals surface area contributed by atoms with Crippen molar-refractivity contribution in [1.29, 1.82) is 0 Å². The molecule has 104 valence electrons. The van der Waals surface area contributed by atoms with Crippen molar-refractivity contribution in [2.24, 2.45) is 0 Å². The maximum Gasteiger partial charge on any atom is 0.166 e. The monoisotopic (exact) mass is 277 g/mol. The summed E-state index contributed by atoms with van der Waals surface area (Å²) in [6, 6.07) is 4.71. The number of fused-ring (bicyclic) bond motifs is 1. The Morgan fingerprint density at radius 1 is 1.47 bits per heavy atom. The first kappa shape index (κ1) is 14.3. The SMILES string of the molecule is CCCCc1ccc2c(n1)C(NC(=S)NC)CCC2. The average Bonchev–Trinajstić information content (AvgIpc) is 2.45. The molecule has 19 heavy (non-hydrogen) atoms. The van der Waals surface area contributed by atoms with Gasteiger partial charge in [0.25, 0.3) is 0 Å². The van der Waals surface area contributed by atoms with Gasteiger partial charge in [0.1, 0.15) is 0 Å². The van der Waals surface area contributed by atoms with Crippen molar-refractivity contribution in [1.82, 2.24) is 15.6 Å². The van der Waals surface area contributed by atoms with Crippen molar-refractivity contribution in [2.45, 2.75) is 51.5 Å². The van der Waals surface area contributed by atoms with Gasteiger partial charge < -0.3 is 10.6 Å². The Bertz CT molecular complexity index is 445. The second kappa shape index (κ2) is 6.85. The highest BCUT2D eigenvalue weighted by atomic mass is 32.1. The molecule has 2 rings (SSSR count). The zero-order valence-corrected chi connectivity index (χ0v) is 12.6. The van der Waals surface area contributed by atoms with Crippen molar-refractivity contribution in [2.75, 3.05) is 7.05 Å². The highest BCUT2D eigenvalue weighted by Crippen LogP contribution is 2.28. The van der Waals surface area contributed by atoms with Crippen LogP contribution in [0, 0.1) is 0 Å². The topological polar surface area (TPSA) is 37.0 Å². The number of nitrogens with zero attached hydrogens (tertiary/aromatic N) is 1. The molecule has 0 saturated heterocycles. The van der Waals surface area contributed by atoms with Gasteiger partial charge in [-0.3, -0.25) is 4.98 Å². The van der Waals surface area contributed by atoms with Crippen LogP contribution in [0.1, 0.15) is 55.6 Å². The van der Waals surface area contributed by atoms with Gasteiger partial charge in [-0.1, -0.05) is 19.4 Å². The Morgan fingerprint density at radius 3 is 3.05 bits per heavy atom. The lowest BCUT2D eigenvalue weighted by atomic mass is 9.91. The van der Waals surface area contributed by atoms with Crippen molar-refractivity contribution < 1.29 is 0 Å².